The van der Waals surface area contributed by atoms with Crippen LogP contribution in [0.5, 0.6) is 0 Å². The Kier molecular flexibility index (Phi) is 8.20. The molecule has 4 heteroatoms. The standard InChI is InChI=1S/C14H31N3O/c1-12(2)17(6)10-8-7-9-15-11-13(18)16-14(3,4)5/h12,15H,7-11H2,1-6H3,(H,16,18). The van der Waals surface area contributed by atoms with Gasteiger partial charge in [0.05, 0.1) is 6.54 Å². The third kappa shape index (κ3) is 10.5. The summed E-state index contributed by atoms with van der Waals surface area (Å²) < 4.78 is 0. The highest BCUT2D eigenvalue weighted by atomic mass is 16.2. The van der Waals surface area contributed by atoms with Crippen LogP contribution in [0.4, 0.5) is 0 Å². The van der Waals surface area contributed by atoms with Crippen molar-refractivity contribution in [2.45, 2.75) is 59.0 Å². The minimum atomic E-state index is -0.140. The zero-order valence-electron chi connectivity index (χ0n) is 13.0. The van der Waals surface area contributed by atoms with Gasteiger partial charge in [-0.2, -0.15) is 0 Å². The van der Waals surface area contributed by atoms with Crippen LogP contribution in [-0.4, -0.2) is 49.1 Å². The van der Waals surface area contributed by atoms with Gasteiger partial charge in [0.25, 0.3) is 0 Å². The highest BCUT2D eigenvalue weighted by Crippen LogP contribution is 1.98. The van der Waals surface area contributed by atoms with Crippen molar-refractivity contribution in [2.24, 2.45) is 0 Å². The van der Waals surface area contributed by atoms with Gasteiger partial charge in [-0.05, 0) is 67.6 Å². The van der Waals surface area contributed by atoms with Crippen LogP contribution in [0, 0.1) is 0 Å². The molecule has 0 spiro atoms. The molecule has 0 unspecified atom stereocenters. The average molecular weight is 257 g/mol. The SMILES string of the molecule is CC(C)N(C)CCCCNCC(=O)NC(C)(C)C. The summed E-state index contributed by atoms with van der Waals surface area (Å²) in [4.78, 5) is 13.8. The lowest BCUT2D eigenvalue weighted by Crippen LogP contribution is -2.45. The van der Waals surface area contributed by atoms with Crippen LogP contribution < -0.4 is 10.6 Å². The monoisotopic (exact) mass is 257 g/mol. The number of amides is 1. The summed E-state index contributed by atoms with van der Waals surface area (Å²) >= 11 is 0. The Balaban J connectivity index is 3.44. The van der Waals surface area contributed by atoms with E-state index in [2.05, 4.69) is 36.4 Å². The van der Waals surface area contributed by atoms with E-state index in [1.54, 1.807) is 0 Å². The van der Waals surface area contributed by atoms with Crippen LogP contribution in [-0.2, 0) is 4.79 Å². The molecule has 0 aromatic rings. The van der Waals surface area contributed by atoms with Crippen molar-refractivity contribution in [3.05, 3.63) is 0 Å². The van der Waals surface area contributed by atoms with Gasteiger partial charge in [0.1, 0.15) is 0 Å². The molecule has 1 amide bonds. The topological polar surface area (TPSA) is 44.4 Å². The molecule has 108 valence electrons. The smallest absolute Gasteiger partial charge is 0.234 e. The average Bonchev–Trinajstić information content (AvgIpc) is 2.19. The van der Waals surface area contributed by atoms with Crippen LogP contribution in [0.3, 0.4) is 0 Å². The number of nitrogens with zero attached hydrogens (tertiary/aromatic N) is 1. The predicted octanol–water partition coefficient (Wildman–Crippen LogP) is 1.61. The third-order valence-corrected chi connectivity index (χ3v) is 2.80. The van der Waals surface area contributed by atoms with Gasteiger partial charge in [0, 0.05) is 11.6 Å². The molecule has 4 nitrogen and oxygen atoms in total. The Labute approximate surface area is 113 Å². The van der Waals surface area contributed by atoms with E-state index in [1.807, 2.05) is 20.8 Å². The van der Waals surface area contributed by atoms with Crippen LogP contribution in [0.15, 0.2) is 0 Å². The molecule has 0 rings (SSSR count). The van der Waals surface area contributed by atoms with Crippen molar-refractivity contribution in [3.8, 4) is 0 Å². The molecule has 0 aromatic carbocycles. The largest absolute Gasteiger partial charge is 0.350 e. The van der Waals surface area contributed by atoms with E-state index >= 15 is 0 Å². The molecule has 0 atom stereocenters. The zero-order chi connectivity index (χ0) is 14.2. The first-order valence-corrected chi connectivity index (χ1v) is 6.94. The lowest BCUT2D eigenvalue weighted by Gasteiger charge is -2.21. The Bertz CT molecular complexity index is 234. The van der Waals surface area contributed by atoms with E-state index in [0.29, 0.717) is 12.6 Å². The number of carbonyl (C=O) groups is 1. The minimum absolute atomic E-state index is 0.0711. The number of unbranched alkanes of at least 4 members (excludes halogenated alkanes) is 1. The second kappa shape index (κ2) is 8.48. The summed E-state index contributed by atoms with van der Waals surface area (Å²) in [6.07, 6.45) is 2.28. The molecule has 0 bridgehead atoms. The first-order valence-electron chi connectivity index (χ1n) is 6.94. The zero-order valence-corrected chi connectivity index (χ0v) is 13.0. The molecule has 0 aliphatic heterocycles. The summed E-state index contributed by atoms with van der Waals surface area (Å²) in [5, 5.41) is 6.11. The fourth-order valence-corrected chi connectivity index (χ4v) is 1.53. The molecule has 0 fully saturated rings. The van der Waals surface area contributed by atoms with Crippen molar-refractivity contribution in [1.29, 1.82) is 0 Å². The van der Waals surface area contributed by atoms with Gasteiger partial charge in [-0.25, -0.2) is 0 Å². The van der Waals surface area contributed by atoms with Crippen LogP contribution in [0.2, 0.25) is 0 Å². The Morgan fingerprint density at radius 1 is 1.22 bits per heavy atom. The molecule has 0 saturated heterocycles. The van der Waals surface area contributed by atoms with E-state index in [0.717, 1.165) is 19.5 Å². The lowest BCUT2D eigenvalue weighted by molar-refractivity contribution is -0.121. The minimum Gasteiger partial charge on any atom is -0.350 e. The number of carbonyl (C=O) groups excluding carboxylic acids is 1. The first-order chi connectivity index (χ1) is 8.22. The third-order valence-electron chi connectivity index (χ3n) is 2.80. The molecule has 0 aromatic heterocycles. The molecule has 2 N–H and O–H groups in total. The number of nitrogens with one attached hydrogen (secondary N) is 2. The maximum Gasteiger partial charge on any atom is 0.234 e. The van der Waals surface area contributed by atoms with Gasteiger partial charge < -0.3 is 15.5 Å². The van der Waals surface area contributed by atoms with Gasteiger partial charge >= 0.3 is 0 Å². The maximum absolute atomic E-state index is 11.5. The van der Waals surface area contributed by atoms with E-state index in [4.69, 9.17) is 0 Å². The van der Waals surface area contributed by atoms with Crippen molar-refractivity contribution in [2.75, 3.05) is 26.7 Å². The van der Waals surface area contributed by atoms with Crippen LogP contribution in [0.25, 0.3) is 0 Å². The van der Waals surface area contributed by atoms with E-state index < -0.39 is 0 Å². The van der Waals surface area contributed by atoms with Gasteiger partial charge in [-0.3, -0.25) is 4.79 Å². The summed E-state index contributed by atoms with van der Waals surface area (Å²) in [6, 6.07) is 0.607. The Morgan fingerprint density at radius 2 is 1.83 bits per heavy atom. The molecular formula is C14H31N3O. The maximum atomic E-state index is 11.5. The van der Waals surface area contributed by atoms with E-state index in [9.17, 15) is 4.79 Å². The van der Waals surface area contributed by atoms with Gasteiger partial charge in [-0.15, -0.1) is 0 Å². The molecule has 0 heterocycles. The Hall–Kier alpha value is -0.610. The fourth-order valence-electron chi connectivity index (χ4n) is 1.53. The normalized spacial score (nSPS) is 12.2. The summed E-state index contributed by atoms with van der Waals surface area (Å²) in [5.41, 5.74) is -0.140. The number of hydrogen-bond donors (Lipinski definition) is 2. The van der Waals surface area contributed by atoms with E-state index in [1.165, 1.54) is 6.42 Å². The predicted molar refractivity (Wildman–Crippen MR) is 77.8 cm³/mol. The highest BCUT2D eigenvalue weighted by molar-refractivity contribution is 5.78. The first kappa shape index (κ1) is 17.4. The van der Waals surface area contributed by atoms with Crippen LogP contribution in [0.1, 0.15) is 47.5 Å². The summed E-state index contributed by atoms with van der Waals surface area (Å²) in [7, 11) is 2.15. The summed E-state index contributed by atoms with van der Waals surface area (Å²) in [6.45, 7) is 12.8. The summed E-state index contributed by atoms with van der Waals surface area (Å²) in [5.74, 6) is 0.0711. The van der Waals surface area contributed by atoms with Crippen molar-refractivity contribution in [1.82, 2.24) is 15.5 Å². The lowest BCUT2D eigenvalue weighted by atomic mass is 10.1. The molecule has 18 heavy (non-hydrogen) atoms. The fraction of sp³-hybridized carbons (Fsp3) is 0.929. The molecule has 0 aliphatic carbocycles. The number of hydrogen-bond acceptors (Lipinski definition) is 3. The molecule has 0 aliphatic rings. The molecular weight excluding hydrogens is 226 g/mol. The van der Waals surface area contributed by atoms with Crippen molar-refractivity contribution >= 4 is 5.91 Å². The van der Waals surface area contributed by atoms with Gasteiger partial charge in [0.15, 0.2) is 0 Å². The van der Waals surface area contributed by atoms with E-state index in [-0.39, 0.29) is 11.4 Å². The second-order valence-electron chi connectivity index (χ2n) is 6.26. The van der Waals surface area contributed by atoms with Crippen LogP contribution >= 0.6 is 0 Å². The number of rotatable bonds is 8. The van der Waals surface area contributed by atoms with Gasteiger partial charge in [0.2, 0.25) is 5.91 Å². The molecule has 0 saturated carbocycles. The van der Waals surface area contributed by atoms with Crippen molar-refractivity contribution in [3.63, 3.8) is 0 Å². The Morgan fingerprint density at radius 3 is 2.33 bits per heavy atom. The second-order valence-corrected chi connectivity index (χ2v) is 6.26. The molecule has 0 radical (unpaired) electrons. The van der Waals surface area contributed by atoms with Crippen molar-refractivity contribution < 1.29 is 4.79 Å². The highest BCUT2D eigenvalue weighted by Gasteiger charge is 2.12. The van der Waals surface area contributed by atoms with Gasteiger partial charge in [-0.1, -0.05) is 0 Å². The quantitative estimate of drug-likeness (QED) is 0.649.